The number of ether oxygens (including phenoxy) is 1. The van der Waals surface area contributed by atoms with E-state index in [1.54, 1.807) is 12.1 Å². The standard InChI is InChI=1S/C23H30FN3O2/c1-3-29-22-10-4-19(5-11-22)18-25(2)13-12-23(28)27-16-14-26(15-17-27)21-8-6-20(24)7-9-21/h4-11H,3,12-18H2,1-2H3. The second-order valence-electron chi connectivity index (χ2n) is 7.41. The fourth-order valence-corrected chi connectivity index (χ4v) is 3.56. The number of carbonyl (C=O) groups is 1. The molecule has 29 heavy (non-hydrogen) atoms. The van der Waals surface area contributed by atoms with Gasteiger partial charge in [-0.3, -0.25) is 4.79 Å². The van der Waals surface area contributed by atoms with E-state index in [-0.39, 0.29) is 11.7 Å². The molecule has 1 saturated heterocycles. The Morgan fingerprint density at radius 2 is 1.69 bits per heavy atom. The van der Waals surface area contributed by atoms with Crippen LogP contribution in [0.1, 0.15) is 18.9 Å². The van der Waals surface area contributed by atoms with E-state index in [1.807, 2.05) is 31.0 Å². The number of piperazine rings is 1. The summed E-state index contributed by atoms with van der Waals surface area (Å²) in [5, 5.41) is 0. The van der Waals surface area contributed by atoms with Gasteiger partial charge in [-0.2, -0.15) is 0 Å². The molecule has 1 amide bonds. The minimum absolute atomic E-state index is 0.197. The average molecular weight is 400 g/mol. The molecular weight excluding hydrogens is 369 g/mol. The third kappa shape index (κ3) is 6.19. The second kappa shape index (κ2) is 10.3. The molecular formula is C23H30FN3O2. The molecule has 2 aromatic rings. The molecule has 1 aliphatic rings. The predicted molar refractivity (Wildman–Crippen MR) is 114 cm³/mol. The molecule has 3 rings (SSSR count). The summed E-state index contributed by atoms with van der Waals surface area (Å²) in [6.07, 6.45) is 0.518. The van der Waals surface area contributed by atoms with Gasteiger partial charge in [-0.1, -0.05) is 12.1 Å². The maximum Gasteiger partial charge on any atom is 0.223 e. The van der Waals surface area contributed by atoms with Crippen LogP contribution in [0.3, 0.4) is 0 Å². The first kappa shape index (κ1) is 21.1. The van der Waals surface area contributed by atoms with Crippen LogP contribution in [0.15, 0.2) is 48.5 Å². The number of hydrogen-bond donors (Lipinski definition) is 0. The van der Waals surface area contributed by atoms with Gasteiger partial charge in [0.15, 0.2) is 0 Å². The van der Waals surface area contributed by atoms with Crippen molar-refractivity contribution in [2.75, 3.05) is 51.3 Å². The molecule has 1 heterocycles. The van der Waals surface area contributed by atoms with Crippen molar-refractivity contribution in [2.45, 2.75) is 19.9 Å². The monoisotopic (exact) mass is 399 g/mol. The zero-order chi connectivity index (χ0) is 20.6. The Bertz CT molecular complexity index is 772. The molecule has 5 nitrogen and oxygen atoms in total. The van der Waals surface area contributed by atoms with E-state index >= 15 is 0 Å². The highest BCUT2D eigenvalue weighted by atomic mass is 19.1. The molecule has 0 unspecified atom stereocenters. The fraction of sp³-hybridized carbons (Fsp3) is 0.435. The molecule has 156 valence electrons. The van der Waals surface area contributed by atoms with E-state index in [0.29, 0.717) is 26.1 Å². The van der Waals surface area contributed by atoms with Crippen LogP contribution >= 0.6 is 0 Å². The fourth-order valence-electron chi connectivity index (χ4n) is 3.56. The van der Waals surface area contributed by atoms with Crippen molar-refractivity contribution in [2.24, 2.45) is 0 Å². The lowest BCUT2D eigenvalue weighted by molar-refractivity contribution is -0.131. The molecule has 0 saturated carbocycles. The van der Waals surface area contributed by atoms with Crippen LogP contribution in [-0.4, -0.2) is 62.1 Å². The van der Waals surface area contributed by atoms with Crippen LogP contribution in [-0.2, 0) is 11.3 Å². The maximum absolute atomic E-state index is 13.1. The Morgan fingerprint density at radius 3 is 2.31 bits per heavy atom. The Morgan fingerprint density at radius 1 is 1.03 bits per heavy atom. The van der Waals surface area contributed by atoms with Gasteiger partial charge < -0.3 is 19.4 Å². The van der Waals surface area contributed by atoms with Gasteiger partial charge >= 0.3 is 0 Å². The topological polar surface area (TPSA) is 36.0 Å². The number of amides is 1. The van der Waals surface area contributed by atoms with E-state index in [1.165, 1.54) is 17.7 Å². The van der Waals surface area contributed by atoms with Gasteiger partial charge in [0.25, 0.3) is 0 Å². The van der Waals surface area contributed by atoms with Crippen LogP contribution in [0.2, 0.25) is 0 Å². The number of nitrogens with zero attached hydrogens (tertiary/aromatic N) is 3. The summed E-state index contributed by atoms with van der Waals surface area (Å²) in [5.41, 5.74) is 2.21. The van der Waals surface area contributed by atoms with Crippen LogP contribution in [0.4, 0.5) is 10.1 Å². The van der Waals surface area contributed by atoms with Gasteiger partial charge in [-0.25, -0.2) is 4.39 Å². The summed E-state index contributed by atoms with van der Waals surface area (Å²) in [6, 6.07) is 14.7. The number of halogens is 1. The molecule has 0 bridgehead atoms. The molecule has 0 aromatic heterocycles. The quantitative estimate of drug-likeness (QED) is 0.682. The summed E-state index contributed by atoms with van der Waals surface area (Å²) in [4.78, 5) is 18.9. The highest BCUT2D eigenvalue weighted by molar-refractivity contribution is 5.76. The lowest BCUT2D eigenvalue weighted by Gasteiger charge is -2.36. The number of carbonyl (C=O) groups excluding carboxylic acids is 1. The van der Waals surface area contributed by atoms with Crippen LogP contribution in [0.5, 0.6) is 5.75 Å². The molecule has 0 spiro atoms. The smallest absolute Gasteiger partial charge is 0.223 e. The van der Waals surface area contributed by atoms with Crippen LogP contribution < -0.4 is 9.64 Å². The molecule has 0 radical (unpaired) electrons. The van der Waals surface area contributed by atoms with Crippen molar-refractivity contribution in [1.29, 1.82) is 0 Å². The predicted octanol–water partition coefficient (Wildman–Crippen LogP) is 3.40. The van der Waals surface area contributed by atoms with Gasteiger partial charge in [0, 0.05) is 51.4 Å². The molecule has 1 fully saturated rings. The largest absolute Gasteiger partial charge is 0.494 e. The number of rotatable bonds is 8. The first-order valence-corrected chi connectivity index (χ1v) is 10.2. The summed E-state index contributed by atoms with van der Waals surface area (Å²) in [7, 11) is 2.04. The first-order valence-electron chi connectivity index (χ1n) is 10.2. The second-order valence-corrected chi connectivity index (χ2v) is 7.41. The van der Waals surface area contributed by atoms with Crippen molar-refractivity contribution in [3.05, 3.63) is 59.9 Å². The number of hydrogen-bond acceptors (Lipinski definition) is 4. The average Bonchev–Trinajstić information content (AvgIpc) is 2.74. The molecule has 1 aliphatic heterocycles. The Kier molecular flexibility index (Phi) is 7.47. The van der Waals surface area contributed by atoms with Crippen molar-refractivity contribution < 1.29 is 13.9 Å². The third-order valence-electron chi connectivity index (χ3n) is 5.22. The molecule has 6 heteroatoms. The van der Waals surface area contributed by atoms with E-state index in [2.05, 4.69) is 21.9 Å². The highest BCUT2D eigenvalue weighted by Crippen LogP contribution is 2.17. The highest BCUT2D eigenvalue weighted by Gasteiger charge is 2.21. The maximum atomic E-state index is 13.1. The summed E-state index contributed by atoms with van der Waals surface area (Å²) in [6.45, 7) is 7.14. The van der Waals surface area contributed by atoms with Gasteiger partial charge in [-0.05, 0) is 55.9 Å². The molecule has 2 aromatic carbocycles. The van der Waals surface area contributed by atoms with Gasteiger partial charge in [-0.15, -0.1) is 0 Å². The van der Waals surface area contributed by atoms with Crippen LogP contribution in [0, 0.1) is 5.82 Å². The normalized spacial score (nSPS) is 14.3. The Labute approximate surface area is 172 Å². The Hall–Kier alpha value is -2.60. The van der Waals surface area contributed by atoms with E-state index in [4.69, 9.17) is 4.74 Å². The first-order chi connectivity index (χ1) is 14.0. The van der Waals surface area contributed by atoms with Crippen molar-refractivity contribution in [1.82, 2.24) is 9.80 Å². The minimum atomic E-state index is -0.225. The molecule has 0 aliphatic carbocycles. The lowest BCUT2D eigenvalue weighted by atomic mass is 10.2. The third-order valence-corrected chi connectivity index (χ3v) is 5.22. The van der Waals surface area contributed by atoms with Gasteiger partial charge in [0.2, 0.25) is 5.91 Å². The number of benzene rings is 2. The van der Waals surface area contributed by atoms with Crippen molar-refractivity contribution in [3.63, 3.8) is 0 Å². The van der Waals surface area contributed by atoms with Crippen LogP contribution in [0.25, 0.3) is 0 Å². The SMILES string of the molecule is CCOc1ccc(CN(C)CCC(=O)N2CCN(c3ccc(F)cc3)CC2)cc1. The minimum Gasteiger partial charge on any atom is -0.494 e. The van der Waals surface area contributed by atoms with Gasteiger partial charge in [0.05, 0.1) is 6.61 Å². The molecule has 0 atom stereocenters. The van der Waals surface area contributed by atoms with Crippen molar-refractivity contribution >= 4 is 11.6 Å². The van der Waals surface area contributed by atoms with Crippen molar-refractivity contribution in [3.8, 4) is 5.75 Å². The summed E-state index contributed by atoms with van der Waals surface area (Å²) < 4.78 is 18.5. The lowest BCUT2D eigenvalue weighted by Crippen LogP contribution is -2.49. The Balaban J connectivity index is 1.39. The van der Waals surface area contributed by atoms with Gasteiger partial charge in [0.1, 0.15) is 11.6 Å². The summed E-state index contributed by atoms with van der Waals surface area (Å²) in [5.74, 6) is 0.855. The zero-order valence-corrected chi connectivity index (χ0v) is 17.3. The number of anilines is 1. The van der Waals surface area contributed by atoms with E-state index < -0.39 is 0 Å². The summed E-state index contributed by atoms with van der Waals surface area (Å²) >= 11 is 0. The van der Waals surface area contributed by atoms with E-state index in [0.717, 1.165) is 37.6 Å². The van der Waals surface area contributed by atoms with E-state index in [9.17, 15) is 9.18 Å². The molecule has 0 N–H and O–H groups in total. The zero-order valence-electron chi connectivity index (χ0n) is 17.3.